The van der Waals surface area contributed by atoms with Crippen molar-refractivity contribution in [2.24, 2.45) is 0 Å². The Morgan fingerprint density at radius 1 is 1.25 bits per heavy atom. The Balaban J connectivity index is 2.78. The number of hydrogen-bond acceptors (Lipinski definition) is 2. The van der Waals surface area contributed by atoms with Gasteiger partial charge in [0.05, 0.1) is 11.1 Å². The summed E-state index contributed by atoms with van der Waals surface area (Å²) in [5.41, 5.74) is 0.248. The van der Waals surface area contributed by atoms with Gasteiger partial charge in [-0.2, -0.15) is 0 Å². The van der Waals surface area contributed by atoms with Gasteiger partial charge in [-0.25, -0.2) is 4.79 Å². The number of rotatable bonds is 5. The zero-order valence-electron chi connectivity index (χ0n) is 8.57. The molecule has 0 atom stereocenters. The molecule has 0 heterocycles. The highest BCUT2D eigenvalue weighted by Gasteiger charge is 2.14. The Morgan fingerprint density at radius 2 is 1.88 bits per heavy atom. The van der Waals surface area contributed by atoms with Crippen LogP contribution in [0.1, 0.15) is 27.1 Å². The summed E-state index contributed by atoms with van der Waals surface area (Å²) in [6.45, 7) is 0.565. The van der Waals surface area contributed by atoms with E-state index < -0.39 is 5.97 Å². The first-order valence-electron chi connectivity index (χ1n) is 4.83. The van der Waals surface area contributed by atoms with Crippen LogP contribution in [-0.4, -0.2) is 28.0 Å². The number of carboxylic acid groups (broad SMARTS) is 1. The van der Waals surface area contributed by atoms with Crippen LogP contribution in [0.15, 0.2) is 24.3 Å². The first-order chi connectivity index (χ1) is 7.66. The van der Waals surface area contributed by atoms with Gasteiger partial charge in [-0.15, -0.1) is 0 Å². The number of benzene rings is 1. The lowest BCUT2D eigenvalue weighted by Gasteiger charge is -2.06. The maximum atomic E-state index is 11.7. The molecule has 0 aliphatic carbocycles. The second kappa shape index (κ2) is 6.47. The molecule has 5 heteroatoms. The molecule has 0 aliphatic heterocycles. The van der Waals surface area contributed by atoms with Crippen LogP contribution in [0.4, 0.5) is 0 Å². The first-order valence-corrected chi connectivity index (χ1v) is 6.36. The van der Waals surface area contributed by atoms with Gasteiger partial charge >= 0.3 is 5.97 Å². The van der Waals surface area contributed by atoms with E-state index in [4.69, 9.17) is 5.11 Å². The Bertz CT molecular complexity index is 393. The van der Waals surface area contributed by atoms with Gasteiger partial charge < -0.3 is 10.4 Å². The molecular formula is C11H12INO3. The molecule has 1 aromatic rings. The van der Waals surface area contributed by atoms with Crippen molar-refractivity contribution < 1.29 is 14.7 Å². The first kappa shape index (κ1) is 13.0. The molecule has 0 bridgehead atoms. The van der Waals surface area contributed by atoms with Crippen molar-refractivity contribution in [3.63, 3.8) is 0 Å². The minimum atomic E-state index is -1.08. The number of carboxylic acids is 1. The fourth-order valence-electron chi connectivity index (χ4n) is 1.23. The molecule has 0 unspecified atom stereocenters. The van der Waals surface area contributed by atoms with E-state index in [9.17, 15) is 9.59 Å². The number of carbonyl (C=O) groups excluding carboxylic acids is 1. The van der Waals surface area contributed by atoms with Gasteiger partial charge in [-0.3, -0.25) is 4.79 Å². The number of nitrogens with one attached hydrogen (secondary N) is 1. The molecule has 2 N–H and O–H groups in total. The summed E-state index contributed by atoms with van der Waals surface area (Å²) in [6, 6.07) is 6.20. The number of halogens is 1. The Kier molecular flexibility index (Phi) is 5.24. The second-order valence-electron chi connectivity index (χ2n) is 3.15. The number of alkyl halides is 1. The van der Waals surface area contributed by atoms with Crippen molar-refractivity contribution in [2.45, 2.75) is 6.42 Å². The molecule has 0 spiro atoms. The predicted octanol–water partition coefficient (Wildman–Crippen LogP) is 1.94. The lowest BCUT2D eigenvalue weighted by atomic mass is 10.1. The average Bonchev–Trinajstić information content (AvgIpc) is 2.29. The molecule has 0 fully saturated rings. The topological polar surface area (TPSA) is 66.4 Å². The van der Waals surface area contributed by atoms with Gasteiger partial charge in [0.15, 0.2) is 0 Å². The molecule has 0 radical (unpaired) electrons. The van der Waals surface area contributed by atoms with Crippen molar-refractivity contribution >= 4 is 34.5 Å². The van der Waals surface area contributed by atoms with Crippen LogP contribution >= 0.6 is 22.6 Å². The van der Waals surface area contributed by atoms with E-state index in [0.29, 0.717) is 6.54 Å². The molecule has 1 rings (SSSR count). The van der Waals surface area contributed by atoms with Crippen LogP contribution < -0.4 is 5.32 Å². The highest BCUT2D eigenvalue weighted by atomic mass is 127. The number of carbonyl (C=O) groups is 2. The number of hydrogen-bond donors (Lipinski definition) is 2. The molecule has 1 aromatic carbocycles. The Hall–Kier alpha value is -1.11. The molecular weight excluding hydrogens is 321 g/mol. The highest BCUT2D eigenvalue weighted by molar-refractivity contribution is 14.1. The van der Waals surface area contributed by atoms with Gasteiger partial charge in [-0.1, -0.05) is 34.7 Å². The Morgan fingerprint density at radius 3 is 2.44 bits per heavy atom. The van der Waals surface area contributed by atoms with Gasteiger partial charge in [0.25, 0.3) is 5.91 Å². The smallest absolute Gasteiger partial charge is 0.336 e. The monoisotopic (exact) mass is 333 g/mol. The van der Waals surface area contributed by atoms with E-state index in [0.717, 1.165) is 10.8 Å². The third kappa shape index (κ3) is 3.48. The van der Waals surface area contributed by atoms with Crippen LogP contribution in [0.3, 0.4) is 0 Å². The van der Waals surface area contributed by atoms with E-state index in [1.165, 1.54) is 12.1 Å². The largest absolute Gasteiger partial charge is 0.478 e. The highest BCUT2D eigenvalue weighted by Crippen LogP contribution is 2.08. The lowest BCUT2D eigenvalue weighted by Crippen LogP contribution is -2.26. The van der Waals surface area contributed by atoms with Crippen LogP contribution in [0.25, 0.3) is 0 Å². The SMILES string of the molecule is O=C(O)c1ccccc1C(=O)NCCCI. The Labute approximate surface area is 107 Å². The summed E-state index contributed by atoms with van der Waals surface area (Å²) >= 11 is 2.22. The van der Waals surface area contributed by atoms with E-state index in [1.807, 2.05) is 0 Å². The maximum Gasteiger partial charge on any atom is 0.336 e. The molecule has 16 heavy (non-hydrogen) atoms. The van der Waals surface area contributed by atoms with E-state index in [2.05, 4.69) is 27.9 Å². The predicted molar refractivity (Wildman–Crippen MR) is 69.2 cm³/mol. The molecule has 1 amide bonds. The fraction of sp³-hybridized carbons (Fsp3) is 0.273. The van der Waals surface area contributed by atoms with E-state index in [-0.39, 0.29) is 17.0 Å². The van der Waals surface area contributed by atoms with Crippen LogP contribution in [0.2, 0.25) is 0 Å². The van der Waals surface area contributed by atoms with Crippen LogP contribution in [0, 0.1) is 0 Å². The van der Waals surface area contributed by atoms with Crippen LogP contribution in [0.5, 0.6) is 0 Å². The van der Waals surface area contributed by atoms with Crippen molar-refractivity contribution in [3.8, 4) is 0 Å². The molecule has 0 saturated carbocycles. The van der Waals surface area contributed by atoms with Crippen LogP contribution in [-0.2, 0) is 0 Å². The van der Waals surface area contributed by atoms with Gasteiger partial charge in [0, 0.05) is 11.0 Å². The fourth-order valence-corrected chi connectivity index (χ4v) is 1.61. The summed E-state index contributed by atoms with van der Waals surface area (Å²) in [7, 11) is 0. The van der Waals surface area contributed by atoms with Gasteiger partial charge in [0.2, 0.25) is 0 Å². The van der Waals surface area contributed by atoms with Gasteiger partial charge in [0.1, 0.15) is 0 Å². The molecule has 0 saturated heterocycles. The van der Waals surface area contributed by atoms with Crippen molar-refractivity contribution in [3.05, 3.63) is 35.4 Å². The molecule has 0 aromatic heterocycles. The van der Waals surface area contributed by atoms with Gasteiger partial charge in [-0.05, 0) is 18.6 Å². The second-order valence-corrected chi connectivity index (χ2v) is 4.23. The zero-order chi connectivity index (χ0) is 12.0. The maximum absolute atomic E-state index is 11.7. The van der Waals surface area contributed by atoms with Crippen molar-refractivity contribution in [2.75, 3.05) is 11.0 Å². The summed E-state index contributed by atoms with van der Waals surface area (Å²) in [5.74, 6) is -1.41. The van der Waals surface area contributed by atoms with Crippen molar-refractivity contribution in [1.29, 1.82) is 0 Å². The zero-order valence-corrected chi connectivity index (χ0v) is 10.7. The summed E-state index contributed by atoms with van der Waals surface area (Å²) < 4.78 is 0.957. The summed E-state index contributed by atoms with van der Waals surface area (Å²) in [4.78, 5) is 22.5. The third-order valence-electron chi connectivity index (χ3n) is 2.00. The lowest BCUT2D eigenvalue weighted by molar-refractivity contribution is 0.0691. The number of amides is 1. The quantitative estimate of drug-likeness (QED) is 0.492. The normalized spacial score (nSPS) is 9.81. The number of aromatic carboxylic acids is 1. The van der Waals surface area contributed by atoms with E-state index >= 15 is 0 Å². The molecule has 86 valence electrons. The summed E-state index contributed by atoms with van der Waals surface area (Å²) in [6.07, 6.45) is 0.877. The minimum absolute atomic E-state index is 0.0365. The molecule has 0 aliphatic rings. The minimum Gasteiger partial charge on any atom is -0.478 e. The van der Waals surface area contributed by atoms with Crippen molar-refractivity contribution in [1.82, 2.24) is 5.32 Å². The third-order valence-corrected chi connectivity index (χ3v) is 2.76. The molecule has 4 nitrogen and oxygen atoms in total. The summed E-state index contributed by atoms with van der Waals surface area (Å²) in [5, 5.41) is 11.6. The standard InChI is InChI=1S/C11H12INO3/c12-6-3-7-13-10(14)8-4-1-2-5-9(8)11(15)16/h1-2,4-5H,3,6-7H2,(H,13,14)(H,15,16). The average molecular weight is 333 g/mol. The van der Waals surface area contributed by atoms with E-state index in [1.54, 1.807) is 12.1 Å².